The van der Waals surface area contributed by atoms with Crippen LogP contribution >= 0.6 is 0 Å². The highest BCUT2D eigenvalue weighted by Crippen LogP contribution is 2.31. The van der Waals surface area contributed by atoms with Gasteiger partial charge in [0.25, 0.3) is 0 Å². The average Bonchev–Trinajstić information content (AvgIpc) is 2.96. The van der Waals surface area contributed by atoms with Crippen LogP contribution in [0.15, 0.2) is 42.6 Å². The van der Waals surface area contributed by atoms with Crippen molar-refractivity contribution in [3.05, 3.63) is 59.4 Å². The summed E-state index contributed by atoms with van der Waals surface area (Å²) < 4.78 is 0. The van der Waals surface area contributed by atoms with Gasteiger partial charge in [0.2, 0.25) is 0 Å². The number of hydrogen-bond donors (Lipinski definition) is 1. The monoisotopic (exact) mass is 310 g/mol. The van der Waals surface area contributed by atoms with Crippen molar-refractivity contribution < 1.29 is 4.79 Å². The average molecular weight is 310 g/mol. The lowest BCUT2D eigenvalue weighted by Gasteiger charge is -2.21. The van der Waals surface area contributed by atoms with Crippen LogP contribution in [0.3, 0.4) is 0 Å². The SMILES string of the molecule is Cc1ccc([C@@H]2C[C@@H](C)N(C(=O)NCc3cccnn3)C2)cc1. The second kappa shape index (κ2) is 6.77. The van der Waals surface area contributed by atoms with Gasteiger partial charge in [-0.15, -0.1) is 0 Å². The summed E-state index contributed by atoms with van der Waals surface area (Å²) in [5.74, 6) is 0.410. The van der Waals surface area contributed by atoms with Crippen molar-refractivity contribution in [3.63, 3.8) is 0 Å². The molecule has 1 saturated heterocycles. The number of carbonyl (C=O) groups excluding carboxylic acids is 1. The Balaban J connectivity index is 1.59. The standard InChI is InChI=1S/C18H22N4O/c1-13-5-7-15(8-6-13)16-10-14(2)22(12-16)18(23)19-11-17-4-3-9-20-21-17/h3-9,14,16H,10-12H2,1-2H3,(H,19,23)/t14-,16-/m1/s1. The van der Waals surface area contributed by atoms with Gasteiger partial charge in [-0.1, -0.05) is 29.8 Å². The fraction of sp³-hybridized carbons (Fsp3) is 0.389. The van der Waals surface area contributed by atoms with Gasteiger partial charge in [0.05, 0.1) is 12.2 Å². The molecule has 0 radical (unpaired) electrons. The lowest BCUT2D eigenvalue weighted by atomic mass is 9.96. The highest BCUT2D eigenvalue weighted by Gasteiger charge is 2.33. The molecule has 3 rings (SSSR count). The van der Waals surface area contributed by atoms with E-state index in [1.165, 1.54) is 11.1 Å². The molecule has 2 atom stereocenters. The summed E-state index contributed by atoms with van der Waals surface area (Å²) in [5, 5.41) is 10.7. The van der Waals surface area contributed by atoms with Gasteiger partial charge >= 0.3 is 6.03 Å². The van der Waals surface area contributed by atoms with Crippen LogP contribution in [-0.4, -0.2) is 33.7 Å². The topological polar surface area (TPSA) is 58.1 Å². The maximum Gasteiger partial charge on any atom is 0.317 e. The fourth-order valence-electron chi connectivity index (χ4n) is 3.09. The number of carbonyl (C=O) groups is 1. The van der Waals surface area contributed by atoms with Gasteiger partial charge < -0.3 is 10.2 Å². The normalized spacial score (nSPS) is 20.5. The number of aryl methyl sites for hydroxylation is 1. The maximum atomic E-state index is 12.4. The number of aromatic nitrogens is 2. The first-order chi connectivity index (χ1) is 11.1. The minimum Gasteiger partial charge on any atom is -0.332 e. The Morgan fingerprint density at radius 1 is 1.30 bits per heavy atom. The molecule has 1 aromatic carbocycles. The van der Waals surface area contributed by atoms with E-state index < -0.39 is 0 Å². The molecule has 0 aliphatic carbocycles. The first-order valence-electron chi connectivity index (χ1n) is 8.01. The quantitative estimate of drug-likeness (QED) is 0.948. The Labute approximate surface area is 136 Å². The molecule has 23 heavy (non-hydrogen) atoms. The zero-order valence-corrected chi connectivity index (χ0v) is 13.6. The fourth-order valence-corrected chi connectivity index (χ4v) is 3.09. The molecule has 2 heterocycles. The van der Waals surface area contributed by atoms with E-state index in [2.05, 4.69) is 53.6 Å². The van der Waals surface area contributed by atoms with E-state index in [0.29, 0.717) is 12.5 Å². The number of urea groups is 1. The van der Waals surface area contributed by atoms with Gasteiger partial charge in [-0.25, -0.2) is 4.79 Å². The molecule has 0 saturated carbocycles. The molecule has 1 aromatic heterocycles. The number of amides is 2. The summed E-state index contributed by atoms with van der Waals surface area (Å²) in [6, 6.07) is 12.5. The number of benzene rings is 1. The van der Waals surface area contributed by atoms with Crippen LogP contribution in [0, 0.1) is 6.92 Å². The van der Waals surface area contributed by atoms with E-state index in [1.807, 2.05) is 17.0 Å². The molecule has 5 nitrogen and oxygen atoms in total. The highest BCUT2D eigenvalue weighted by molar-refractivity contribution is 5.75. The molecule has 120 valence electrons. The summed E-state index contributed by atoms with van der Waals surface area (Å²) in [6.45, 7) is 5.37. The van der Waals surface area contributed by atoms with Crippen molar-refractivity contribution in [1.29, 1.82) is 0 Å². The van der Waals surface area contributed by atoms with Crippen LogP contribution in [0.4, 0.5) is 4.79 Å². The summed E-state index contributed by atoms with van der Waals surface area (Å²) in [4.78, 5) is 14.3. The van der Waals surface area contributed by atoms with Gasteiger partial charge in [0, 0.05) is 24.7 Å². The highest BCUT2D eigenvalue weighted by atomic mass is 16.2. The molecule has 0 unspecified atom stereocenters. The first kappa shape index (κ1) is 15.5. The predicted octanol–water partition coefficient (Wildman–Crippen LogP) is 2.87. The number of hydrogen-bond acceptors (Lipinski definition) is 3. The molecule has 2 amide bonds. The second-order valence-electron chi connectivity index (χ2n) is 6.22. The zero-order valence-electron chi connectivity index (χ0n) is 13.6. The maximum absolute atomic E-state index is 12.4. The van der Waals surface area contributed by atoms with Gasteiger partial charge in [0.1, 0.15) is 0 Å². The van der Waals surface area contributed by atoms with Crippen molar-refractivity contribution in [2.24, 2.45) is 0 Å². The Bertz CT molecular complexity index is 656. The third-order valence-electron chi connectivity index (χ3n) is 4.43. The van der Waals surface area contributed by atoms with E-state index in [4.69, 9.17) is 0 Å². The van der Waals surface area contributed by atoms with Crippen molar-refractivity contribution >= 4 is 6.03 Å². The van der Waals surface area contributed by atoms with Crippen LogP contribution in [0.1, 0.15) is 36.1 Å². The predicted molar refractivity (Wildman–Crippen MR) is 89.0 cm³/mol. The Morgan fingerprint density at radius 2 is 2.09 bits per heavy atom. The number of rotatable bonds is 3. The number of likely N-dealkylation sites (tertiary alicyclic amines) is 1. The Kier molecular flexibility index (Phi) is 4.55. The second-order valence-corrected chi connectivity index (χ2v) is 6.22. The lowest BCUT2D eigenvalue weighted by molar-refractivity contribution is 0.195. The van der Waals surface area contributed by atoms with Crippen LogP contribution in [0.5, 0.6) is 0 Å². The number of nitrogens with zero attached hydrogens (tertiary/aromatic N) is 3. The molecular weight excluding hydrogens is 288 g/mol. The minimum absolute atomic E-state index is 0.0298. The third-order valence-corrected chi connectivity index (χ3v) is 4.43. The van der Waals surface area contributed by atoms with Crippen LogP contribution in [-0.2, 0) is 6.54 Å². The van der Waals surface area contributed by atoms with E-state index in [-0.39, 0.29) is 12.1 Å². The summed E-state index contributed by atoms with van der Waals surface area (Å²) in [7, 11) is 0. The largest absolute Gasteiger partial charge is 0.332 e. The van der Waals surface area contributed by atoms with Crippen molar-refractivity contribution in [1.82, 2.24) is 20.4 Å². The van der Waals surface area contributed by atoms with Gasteiger partial charge in [0.15, 0.2) is 0 Å². The van der Waals surface area contributed by atoms with E-state index in [0.717, 1.165) is 18.7 Å². The molecule has 1 aliphatic rings. The smallest absolute Gasteiger partial charge is 0.317 e. The molecule has 1 fully saturated rings. The molecule has 1 aliphatic heterocycles. The molecule has 2 aromatic rings. The number of nitrogens with one attached hydrogen (secondary N) is 1. The Hall–Kier alpha value is -2.43. The van der Waals surface area contributed by atoms with E-state index >= 15 is 0 Å². The zero-order chi connectivity index (χ0) is 16.2. The minimum atomic E-state index is -0.0298. The van der Waals surface area contributed by atoms with Gasteiger partial charge in [-0.3, -0.25) is 0 Å². The molecule has 5 heteroatoms. The summed E-state index contributed by atoms with van der Waals surface area (Å²) >= 11 is 0. The Morgan fingerprint density at radius 3 is 2.78 bits per heavy atom. The van der Waals surface area contributed by atoms with E-state index in [1.54, 1.807) is 6.20 Å². The molecule has 1 N–H and O–H groups in total. The lowest BCUT2D eigenvalue weighted by Crippen LogP contribution is -2.41. The molecule has 0 bridgehead atoms. The van der Waals surface area contributed by atoms with E-state index in [9.17, 15) is 4.79 Å². The van der Waals surface area contributed by atoms with Gasteiger partial charge in [-0.05, 0) is 38.0 Å². The van der Waals surface area contributed by atoms with Crippen molar-refractivity contribution in [2.75, 3.05) is 6.54 Å². The molecular formula is C18H22N4O. The third kappa shape index (κ3) is 3.67. The summed E-state index contributed by atoms with van der Waals surface area (Å²) in [6.07, 6.45) is 2.63. The van der Waals surface area contributed by atoms with Crippen LogP contribution in [0.25, 0.3) is 0 Å². The van der Waals surface area contributed by atoms with Crippen molar-refractivity contribution in [3.8, 4) is 0 Å². The van der Waals surface area contributed by atoms with Crippen LogP contribution < -0.4 is 5.32 Å². The van der Waals surface area contributed by atoms with Crippen molar-refractivity contribution in [2.45, 2.75) is 38.8 Å². The van der Waals surface area contributed by atoms with Gasteiger partial charge in [-0.2, -0.15) is 10.2 Å². The molecule has 0 spiro atoms. The first-order valence-corrected chi connectivity index (χ1v) is 8.01. The summed E-state index contributed by atoms with van der Waals surface area (Å²) in [5.41, 5.74) is 3.34. The van der Waals surface area contributed by atoms with Crippen LogP contribution in [0.2, 0.25) is 0 Å².